The molecule has 1 aromatic carbocycles. The average molecular weight is 271 g/mol. The van der Waals surface area contributed by atoms with Crippen LogP contribution < -0.4 is 4.90 Å². The van der Waals surface area contributed by atoms with Gasteiger partial charge in [-0.2, -0.15) is 0 Å². The predicted molar refractivity (Wildman–Crippen MR) is 80.9 cm³/mol. The maximum Gasteiger partial charge on any atom is 0.328 e. The van der Waals surface area contributed by atoms with Crippen molar-refractivity contribution in [3.05, 3.63) is 35.4 Å². The number of carbonyl (C=O) groups is 1. The zero-order valence-corrected chi connectivity index (χ0v) is 11.9. The van der Waals surface area contributed by atoms with E-state index in [4.69, 9.17) is 5.11 Å². The first-order valence-corrected chi connectivity index (χ1v) is 7.40. The minimum atomic E-state index is -0.902. The molecule has 2 aliphatic rings. The molecule has 0 aromatic heterocycles. The number of aryl methyl sites for hydroxylation is 1. The largest absolute Gasteiger partial charge is 0.478 e. The number of rotatable bonds is 3. The molecular formula is C17H21NO2. The standard InChI is InChI=1S/C17H21NO2/c1-12-9-16(7-5-13(12)6-8-17(19)20)18-10-14-3-2-4-15(14)11-18/h5-9,14-15H,2-4,10-11H2,1H3,(H,19,20)/b8-6+. The first kappa shape index (κ1) is 13.2. The zero-order chi connectivity index (χ0) is 14.1. The quantitative estimate of drug-likeness (QED) is 0.857. The second kappa shape index (κ2) is 5.31. The van der Waals surface area contributed by atoms with E-state index in [0.29, 0.717) is 0 Å². The van der Waals surface area contributed by atoms with Crippen molar-refractivity contribution in [3.63, 3.8) is 0 Å². The molecular weight excluding hydrogens is 250 g/mol. The van der Waals surface area contributed by atoms with Gasteiger partial charge < -0.3 is 10.0 Å². The topological polar surface area (TPSA) is 40.5 Å². The lowest BCUT2D eigenvalue weighted by atomic mass is 10.0. The Kier molecular flexibility index (Phi) is 3.51. The minimum Gasteiger partial charge on any atom is -0.478 e. The molecule has 0 amide bonds. The van der Waals surface area contributed by atoms with Crippen molar-refractivity contribution in [2.24, 2.45) is 11.8 Å². The van der Waals surface area contributed by atoms with Gasteiger partial charge in [-0.05, 0) is 60.9 Å². The molecule has 20 heavy (non-hydrogen) atoms. The first-order chi connectivity index (χ1) is 9.63. The number of anilines is 1. The Morgan fingerprint density at radius 1 is 1.30 bits per heavy atom. The fourth-order valence-electron chi connectivity index (χ4n) is 3.65. The Labute approximate surface area is 119 Å². The summed E-state index contributed by atoms with van der Waals surface area (Å²) in [6.45, 7) is 4.42. The fourth-order valence-corrected chi connectivity index (χ4v) is 3.65. The number of carboxylic acid groups (broad SMARTS) is 1. The van der Waals surface area contributed by atoms with Gasteiger partial charge in [0.05, 0.1) is 0 Å². The van der Waals surface area contributed by atoms with Gasteiger partial charge in [0.25, 0.3) is 0 Å². The van der Waals surface area contributed by atoms with Crippen molar-refractivity contribution in [1.29, 1.82) is 0 Å². The third kappa shape index (κ3) is 2.58. The van der Waals surface area contributed by atoms with Gasteiger partial charge in [0.2, 0.25) is 0 Å². The second-order valence-electron chi connectivity index (χ2n) is 6.07. The minimum absolute atomic E-state index is 0.891. The van der Waals surface area contributed by atoms with E-state index in [2.05, 4.69) is 17.0 Å². The molecule has 3 heteroatoms. The van der Waals surface area contributed by atoms with Gasteiger partial charge >= 0.3 is 5.97 Å². The van der Waals surface area contributed by atoms with E-state index in [0.717, 1.165) is 23.0 Å². The summed E-state index contributed by atoms with van der Waals surface area (Å²) in [5.41, 5.74) is 3.40. The second-order valence-corrected chi connectivity index (χ2v) is 6.07. The molecule has 1 heterocycles. The van der Waals surface area contributed by atoms with Gasteiger partial charge in [0.15, 0.2) is 0 Å². The van der Waals surface area contributed by atoms with Gasteiger partial charge in [-0.15, -0.1) is 0 Å². The Bertz CT molecular complexity index is 538. The van der Waals surface area contributed by atoms with Crippen LogP contribution in [0.2, 0.25) is 0 Å². The molecule has 2 unspecified atom stereocenters. The molecule has 1 N–H and O–H groups in total. The van der Waals surface area contributed by atoms with Crippen LogP contribution in [0.25, 0.3) is 6.08 Å². The summed E-state index contributed by atoms with van der Waals surface area (Å²) < 4.78 is 0. The molecule has 1 aliphatic carbocycles. The molecule has 3 nitrogen and oxygen atoms in total. The molecule has 2 fully saturated rings. The molecule has 1 aromatic rings. The van der Waals surface area contributed by atoms with Gasteiger partial charge in [0, 0.05) is 24.9 Å². The predicted octanol–water partition coefficient (Wildman–Crippen LogP) is 3.33. The number of carboxylic acids is 1. The Hall–Kier alpha value is -1.77. The molecule has 1 saturated heterocycles. The number of benzene rings is 1. The smallest absolute Gasteiger partial charge is 0.328 e. The highest BCUT2D eigenvalue weighted by Crippen LogP contribution is 2.39. The van der Waals surface area contributed by atoms with Crippen molar-refractivity contribution in [2.45, 2.75) is 26.2 Å². The molecule has 106 valence electrons. The van der Waals surface area contributed by atoms with Crippen LogP contribution in [0.4, 0.5) is 5.69 Å². The number of hydrogen-bond donors (Lipinski definition) is 1. The van der Waals surface area contributed by atoms with Crippen LogP contribution in [0.3, 0.4) is 0 Å². The van der Waals surface area contributed by atoms with Gasteiger partial charge in [-0.1, -0.05) is 12.5 Å². The normalized spacial score (nSPS) is 25.4. The van der Waals surface area contributed by atoms with Crippen LogP contribution in [0, 0.1) is 18.8 Å². The summed E-state index contributed by atoms with van der Waals surface area (Å²) in [5.74, 6) is 0.879. The monoisotopic (exact) mass is 271 g/mol. The van der Waals surface area contributed by atoms with E-state index in [9.17, 15) is 4.79 Å². The van der Waals surface area contributed by atoms with Crippen LogP contribution in [0.1, 0.15) is 30.4 Å². The van der Waals surface area contributed by atoms with E-state index in [-0.39, 0.29) is 0 Å². The summed E-state index contributed by atoms with van der Waals surface area (Å²) in [6.07, 6.45) is 7.04. The molecule has 3 rings (SSSR count). The maximum absolute atomic E-state index is 10.6. The Balaban J connectivity index is 1.75. The van der Waals surface area contributed by atoms with Crippen LogP contribution in [0.5, 0.6) is 0 Å². The molecule has 0 radical (unpaired) electrons. The lowest BCUT2D eigenvalue weighted by Gasteiger charge is -2.20. The SMILES string of the molecule is Cc1cc(N2CC3CCCC3C2)ccc1/C=C/C(=O)O. The number of nitrogens with zero attached hydrogens (tertiary/aromatic N) is 1. The fraction of sp³-hybridized carbons (Fsp3) is 0.471. The summed E-state index contributed by atoms with van der Waals surface area (Å²) in [5, 5.41) is 8.69. The number of hydrogen-bond acceptors (Lipinski definition) is 2. The van der Waals surface area contributed by atoms with Crippen molar-refractivity contribution >= 4 is 17.7 Å². The summed E-state index contributed by atoms with van der Waals surface area (Å²) in [6, 6.07) is 6.33. The zero-order valence-electron chi connectivity index (χ0n) is 11.9. The van der Waals surface area contributed by atoms with Gasteiger partial charge in [-0.3, -0.25) is 0 Å². The molecule has 1 aliphatic heterocycles. The van der Waals surface area contributed by atoms with Crippen LogP contribution in [-0.4, -0.2) is 24.2 Å². The van der Waals surface area contributed by atoms with E-state index >= 15 is 0 Å². The molecule has 2 atom stereocenters. The lowest BCUT2D eigenvalue weighted by molar-refractivity contribution is -0.131. The van der Waals surface area contributed by atoms with Crippen LogP contribution >= 0.6 is 0 Å². The van der Waals surface area contributed by atoms with Gasteiger partial charge in [0.1, 0.15) is 0 Å². The van der Waals surface area contributed by atoms with Crippen LogP contribution in [-0.2, 0) is 4.79 Å². The first-order valence-electron chi connectivity index (χ1n) is 7.40. The molecule has 0 spiro atoms. The highest BCUT2D eigenvalue weighted by atomic mass is 16.4. The van der Waals surface area contributed by atoms with Gasteiger partial charge in [-0.25, -0.2) is 4.79 Å². The summed E-state index contributed by atoms with van der Waals surface area (Å²) >= 11 is 0. The van der Waals surface area contributed by atoms with Crippen molar-refractivity contribution in [1.82, 2.24) is 0 Å². The Morgan fingerprint density at radius 3 is 2.60 bits per heavy atom. The highest BCUT2D eigenvalue weighted by molar-refractivity contribution is 5.85. The molecule has 0 bridgehead atoms. The maximum atomic E-state index is 10.6. The van der Waals surface area contributed by atoms with Crippen molar-refractivity contribution < 1.29 is 9.90 Å². The van der Waals surface area contributed by atoms with Crippen molar-refractivity contribution in [3.8, 4) is 0 Å². The Morgan fingerprint density at radius 2 is 2.00 bits per heavy atom. The lowest BCUT2D eigenvalue weighted by Crippen LogP contribution is -2.20. The van der Waals surface area contributed by atoms with Crippen molar-refractivity contribution in [2.75, 3.05) is 18.0 Å². The summed E-state index contributed by atoms with van der Waals surface area (Å²) in [4.78, 5) is 13.1. The third-order valence-corrected chi connectivity index (χ3v) is 4.75. The van der Waals surface area contributed by atoms with E-state index < -0.39 is 5.97 Å². The number of aliphatic carboxylic acids is 1. The average Bonchev–Trinajstić information content (AvgIpc) is 2.97. The van der Waals surface area contributed by atoms with E-state index in [1.165, 1.54) is 44.1 Å². The third-order valence-electron chi connectivity index (χ3n) is 4.75. The van der Waals surface area contributed by atoms with Crippen LogP contribution in [0.15, 0.2) is 24.3 Å². The van der Waals surface area contributed by atoms with E-state index in [1.54, 1.807) is 6.08 Å². The summed E-state index contributed by atoms with van der Waals surface area (Å²) in [7, 11) is 0. The molecule has 1 saturated carbocycles. The highest BCUT2D eigenvalue weighted by Gasteiger charge is 2.36. The van der Waals surface area contributed by atoms with E-state index in [1.807, 2.05) is 13.0 Å². The number of fused-ring (bicyclic) bond motifs is 1.